The molecular weight excluding hydrogens is 663 g/mol. The maximum atomic E-state index is 10.7. The molecular formula is C38H62Cl2N4O5. The SMILES string of the molecule is CC(C)(CC1CCC(O)CC1)OC(N)=O.CCCCc1nnc(OC2CCC(NC)CC2)cc1-c1ccc(OC2CCCCC2)cc1.Cl.Cl. The van der Waals surface area contributed by atoms with Crippen LogP contribution in [0, 0.1) is 5.92 Å². The Hall–Kier alpha value is -2.33. The van der Waals surface area contributed by atoms with Gasteiger partial charge < -0.3 is 30.4 Å². The van der Waals surface area contributed by atoms with E-state index in [2.05, 4.69) is 52.8 Å². The van der Waals surface area contributed by atoms with Crippen LogP contribution in [0.5, 0.6) is 11.6 Å². The zero-order valence-electron chi connectivity index (χ0n) is 30.2. The summed E-state index contributed by atoms with van der Waals surface area (Å²) in [6.07, 6.45) is 18.2. The molecule has 0 radical (unpaired) electrons. The van der Waals surface area contributed by atoms with Crippen molar-refractivity contribution in [2.45, 2.75) is 160 Å². The van der Waals surface area contributed by atoms with E-state index in [1.54, 1.807) is 0 Å². The fraction of sp³-hybridized carbons (Fsp3) is 0.711. The molecule has 0 spiro atoms. The van der Waals surface area contributed by atoms with E-state index in [1.165, 1.54) is 32.1 Å². The Morgan fingerprint density at radius 2 is 1.53 bits per heavy atom. The average Bonchev–Trinajstić information content (AvgIpc) is 3.06. The molecule has 1 heterocycles. The number of nitrogens with one attached hydrogen (secondary N) is 1. The highest BCUT2D eigenvalue weighted by atomic mass is 35.5. The predicted molar refractivity (Wildman–Crippen MR) is 201 cm³/mol. The van der Waals surface area contributed by atoms with Crippen molar-refractivity contribution in [3.63, 3.8) is 0 Å². The summed E-state index contributed by atoms with van der Waals surface area (Å²) in [5.41, 5.74) is 7.87. The molecule has 1 aromatic carbocycles. The normalized spacial score (nSPS) is 22.7. The molecule has 3 aliphatic rings. The highest BCUT2D eigenvalue weighted by molar-refractivity contribution is 5.85. The van der Waals surface area contributed by atoms with E-state index in [1.807, 2.05) is 20.9 Å². The number of nitrogens with zero attached hydrogens (tertiary/aromatic N) is 2. The lowest BCUT2D eigenvalue weighted by Gasteiger charge is -2.32. The molecule has 1 amide bonds. The Morgan fingerprint density at radius 3 is 2.12 bits per heavy atom. The van der Waals surface area contributed by atoms with Gasteiger partial charge >= 0.3 is 6.09 Å². The summed E-state index contributed by atoms with van der Waals surface area (Å²) >= 11 is 0. The highest BCUT2D eigenvalue weighted by Crippen LogP contribution is 2.33. The predicted octanol–water partition coefficient (Wildman–Crippen LogP) is 8.75. The molecule has 3 saturated carbocycles. The van der Waals surface area contributed by atoms with Crippen LogP contribution in [0.2, 0.25) is 0 Å². The second-order valence-corrected chi connectivity index (χ2v) is 14.5. The number of aromatic nitrogens is 2. The Kier molecular flexibility index (Phi) is 19.0. The summed E-state index contributed by atoms with van der Waals surface area (Å²) in [6.45, 7) is 5.97. The van der Waals surface area contributed by atoms with Crippen LogP contribution in [0.3, 0.4) is 0 Å². The van der Waals surface area contributed by atoms with E-state index in [9.17, 15) is 9.90 Å². The molecule has 11 heteroatoms. The molecule has 3 fully saturated rings. The number of aliphatic hydroxyl groups is 1. The van der Waals surface area contributed by atoms with Gasteiger partial charge in [-0.2, -0.15) is 5.10 Å². The van der Waals surface area contributed by atoms with E-state index in [4.69, 9.17) is 19.9 Å². The van der Waals surface area contributed by atoms with E-state index in [0.29, 0.717) is 23.9 Å². The van der Waals surface area contributed by atoms with Crippen LogP contribution in [0.15, 0.2) is 30.3 Å². The summed E-state index contributed by atoms with van der Waals surface area (Å²) in [5, 5.41) is 21.8. The van der Waals surface area contributed by atoms with Crippen LogP contribution in [0.25, 0.3) is 11.1 Å². The first-order chi connectivity index (χ1) is 22.6. The molecule has 49 heavy (non-hydrogen) atoms. The molecule has 0 aliphatic heterocycles. The maximum Gasteiger partial charge on any atom is 0.405 e. The summed E-state index contributed by atoms with van der Waals surface area (Å²) in [7, 11) is 2.05. The number of aliphatic hydroxyl groups excluding tert-OH is 1. The first-order valence-electron chi connectivity index (χ1n) is 18.3. The minimum absolute atomic E-state index is 0. The maximum absolute atomic E-state index is 10.7. The fourth-order valence-corrected chi connectivity index (χ4v) is 7.32. The van der Waals surface area contributed by atoms with Crippen molar-refractivity contribution in [2.24, 2.45) is 11.7 Å². The van der Waals surface area contributed by atoms with Crippen LogP contribution in [0.4, 0.5) is 4.79 Å². The number of aryl methyl sites for hydroxylation is 1. The fourth-order valence-electron chi connectivity index (χ4n) is 7.32. The quantitative estimate of drug-likeness (QED) is 0.198. The van der Waals surface area contributed by atoms with Gasteiger partial charge in [-0.25, -0.2) is 4.79 Å². The van der Waals surface area contributed by atoms with Crippen molar-refractivity contribution in [3.8, 4) is 22.8 Å². The van der Waals surface area contributed by atoms with E-state index in [-0.39, 0.29) is 37.0 Å². The van der Waals surface area contributed by atoms with E-state index >= 15 is 0 Å². The molecule has 2 aromatic rings. The number of hydrogen-bond acceptors (Lipinski definition) is 8. The van der Waals surface area contributed by atoms with Gasteiger partial charge in [0.1, 0.15) is 17.5 Å². The third kappa shape index (κ3) is 14.8. The molecule has 3 aliphatic carbocycles. The molecule has 4 N–H and O–H groups in total. The van der Waals surface area contributed by atoms with Crippen LogP contribution >= 0.6 is 24.8 Å². The number of hydrogen-bond donors (Lipinski definition) is 3. The molecule has 0 unspecified atom stereocenters. The zero-order valence-corrected chi connectivity index (χ0v) is 31.8. The first kappa shape index (κ1) is 42.8. The van der Waals surface area contributed by atoms with Gasteiger partial charge in [-0.3, -0.25) is 0 Å². The lowest BCUT2D eigenvalue weighted by molar-refractivity contribution is 0.0131. The standard InChI is InChI=1S/C27H39N3O2.C11H21NO3.2ClH/c1-3-4-10-26-25(19-27(30-29-26)32-24-17-13-21(28-2)14-18-24)20-11-15-23(16-12-20)31-22-8-6-5-7-9-22;1-11(2,15-10(12)14)7-8-3-5-9(13)6-4-8;;/h11-12,15-16,19,21-22,24,28H,3-10,13-14,17-18H2,1-2H3;8-9,13H,3-7H2,1-2H3,(H2,12,14);2*1H. The molecule has 0 bridgehead atoms. The van der Waals surface area contributed by atoms with Crippen molar-refractivity contribution in [1.29, 1.82) is 0 Å². The Balaban J connectivity index is 0.000000417. The summed E-state index contributed by atoms with van der Waals surface area (Å²) < 4.78 is 17.5. The van der Waals surface area contributed by atoms with Crippen LogP contribution in [-0.4, -0.2) is 58.4 Å². The minimum Gasteiger partial charge on any atom is -0.490 e. The number of benzene rings is 1. The van der Waals surface area contributed by atoms with Crippen molar-refractivity contribution >= 4 is 30.9 Å². The van der Waals surface area contributed by atoms with Crippen LogP contribution in [0.1, 0.15) is 129 Å². The van der Waals surface area contributed by atoms with Gasteiger partial charge in [0, 0.05) is 17.7 Å². The number of ether oxygens (including phenoxy) is 3. The number of carbonyl (C=O) groups is 1. The average molecular weight is 726 g/mol. The second kappa shape index (κ2) is 21.8. The number of primary amides is 1. The van der Waals surface area contributed by atoms with Gasteiger partial charge in [-0.1, -0.05) is 31.9 Å². The number of carbonyl (C=O) groups excluding carboxylic acids is 1. The van der Waals surface area contributed by atoms with Crippen molar-refractivity contribution in [1.82, 2.24) is 15.5 Å². The van der Waals surface area contributed by atoms with Crippen LogP contribution < -0.4 is 20.5 Å². The lowest BCUT2D eigenvalue weighted by atomic mass is 9.81. The first-order valence-corrected chi connectivity index (χ1v) is 18.3. The number of halogens is 2. The van der Waals surface area contributed by atoms with Crippen molar-refractivity contribution < 1.29 is 24.1 Å². The second-order valence-electron chi connectivity index (χ2n) is 14.5. The summed E-state index contributed by atoms with van der Waals surface area (Å²) in [6, 6.07) is 11.2. The summed E-state index contributed by atoms with van der Waals surface area (Å²) in [5.74, 6) is 2.15. The lowest BCUT2D eigenvalue weighted by Crippen LogP contribution is -2.34. The number of nitrogens with two attached hydrogens (primary N) is 1. The molecule has 5 rings (SSSR count). The number of rotatable bonds is 12. The van der Waals surface area contributed by atoms with Crippen molar-refractivity contribution in [2.75, 3.05) is 7.05 Å². The highest BCUT2D eigenvalue weighted by Gasteiger charge is 2.29. The Bertz CT molecular complexity index is 1210. The monoisotopic (exact) mass is 724 g/mol. The van der Waals surface area contributed by atoms with Gasteiger partial charge in [-0.15, -0.1) is 29.9 Å². The van der Waals surface area contributed by atoms with E-state index < -0.39 is 11.7 Å². The van der Waals surface area contributed by atoms with Gasteiger partial charge in [0.25, 0.3) is 0 Å². The molecule has 278 valence electrons. The molecule has 0 saturated heterocycles. The zero-order chi connectivity index (χ0) is 33.6. The van der Waals surface area contributed by atoms with Gasteiger partial charge in [-0.05, 0) is 141 Å². The summed E-state index contributed by atoms with van der Waals surface area (Å²) in [4.78, 5) is 10.7. The third-order valence-corrected chi connectivity index (χ3v) is 9.98. The Morgan fingerprint density at radius 1 is 0.898 bits per heavy atom. The van der Waals surface area contributed by atoms with Gasteiger partial charge in [0.2, 0.25) is 5.88 Å². The molecule has 0 atom stereocenters. The van der Waals surface area contributed by atoms with Crippen molar-refractivity contribution in [3.05, 3.63) is 36.0 Å². The smallest absolute Gasteiger partial charge is 0.405 e. The molecule has 1 aromatic heterocycles. The molecule has 9 nitrogen and oxygen atoms in total. The largest absolute Gasteiger partial charge is 0.490 e. The Labute approximate surface area is 307 Å². The topological polar surface area (TPSA) is 129 Å². The van der Waals surface area contributed by atoms with E-state index in [0.717, 1.165) is 99.6 Å². The number of unbranched alkanes of at least 4 members (excludes halogenated alkanes) is 1. The van der Waals surface area contributed by atoms with Crippen LogP contribution in [-0.2, 0) is 11.2 Å². The minimum atomic E-state index is -0.712. The third-order valence-electron chi connectivity index (χ3n) is 9.98. The van der Waals surface area contributed by atoms with Gasteiger partial charge in [0.05, 0.1) is 17.9 Å². The van der Waals surface area contributed by atoms with Gasteiger partial charge in [0.15, 0.2) is 0 Å². The number of amides is 1.